The zero-order valence-electron chi connectivity index (χ0n) is 9.82. The maximum absolute atomic E-state index is 10.9. The first kappa shape index (κ1) is 11.4. The second kappa shape index (κ2) is 5.83. The summed E-state index contributed by atoms with van der Waals surface area (Å²) in [5, 5.41) is 0. The van der Waals surface area contributed by atoms with Gasteiger partial charge in [-0.3, -0.25) is 4.79 Å². The summed E-state index contributed by atoms with van der Waals surface area (Å²) in [7, 11) is 0. The Labute approximate surface area is 97.9 Å². The van der Waals surface area contributed by atoms with Crippen molar-refractivity contribution in [2.75, 3.05) is 0 Å². The minimum Gasteiger partial charge on any atom is -0.298 e. The van der Waals surface area contributed by atoms with Gasteiger partial charge in [-0.05, 0) is 24.3 Å². The molecule has 1 fully saturated rings. The van der Waals surface area contributed by atoms with Gasteiger partial charge in [0, 0.05) is 5.56 Å². The smallest absolute Gasteiger partial charge is 0.150 e. The molecule has 0 radical (unpaired) electrons. The lowest BCUT2D eigenvalue weighted by Gasteiger charge is -2.21. The van der Waals surface area contributed by atoms with Crippen molar-refractivity contribution < 1.29 is 4.79 Å². The van der Waals surface area contributed by atoms with Crippen LogP contribution >= 0.6 is 0 Å². The van der Waals surface area contributed by atoms with E-state index in [1.165, 1.54) is 44.1 Å². The molecule has 1 aliphatic carbocycles. The number of carbonyl (C=O) groups excluding carboxylic acids is 1. The Balaban J connectivity index is 1.90. The van der Waals surface area contributed by atoms with E-state index in [1.807, 2.05) is 18.2 Å². The van der Waals surface area contributed by atoms with Gasteiger partial charge in [-0.25, -0.2) is 0 Å². The fourth-order valence-electron chi connectivity index (χ4n) is 2.71. The van der Waals surface area contributed by atoms with E-state index in [9.17, 15) is 4.79 Å². The molecule has 1 aromatic carbocycles. The number of aldehydes is 1. The van der Waals surface area contributed by atoms with E-state index in [4.69, 9.17) is 0 Å². The van der Waals surface area contributed by atoms with Crippen LogP contribution in [0, 0.1) is 5.92 Å². The van der Waals surface area contributed by atoms with E-state index < -0.39 is 0 Å². The zero-order chi connectivity index (χ0) is 11.2. The van der Waals surface area contributed by atoms with Crippen LogP contribution in [-0.2, 0) is 6.42 Å². The number of aryl methyl sites for hydroxylation is 1. The highest BCUT2D eigenvalue weighted by Crippen LogP contribution is 2.27. The molecule has 1 nitrogen and oxygen atoms in total. The summed E-state index contributed by atoms with van der Waals surface area (Å²) in [5.74, 6) is 0.897. The Morgan fingerprint density at radius 2 is 1.88 bits per heavy atom. The van der Waals surface area contributed by atoms with Crippen LogP contribution in [0.5, 0.6) is 0 Å². The van der Waals surface area contributed by atoms with E-state index in [0.717, 1.165) is 24.2 Å². The van der Waals surface area contributed by atoms with Crippen molar-refractivity contribution in [3.63, 3.8) is 0 Å². The summed E-state index contributed by atoms with van der Waals surface area (Å²) >= 11 is 0. The van der Waals surface area contributed by atoms with Crippen LogP contribution in [0.2, 0.25) is 0 Å². The van der Waals surface area contributed by atoms with Crippen molar-refractivity contribution in [2.45, 2.75) is 44.9 Å². The molecule has 1 aliphatic rings. The Morgan fingerprint density at radius 3 is 2.62 bits per heavy atom. The van der Waals surface area contributed by atoms with Gasteiger partial charge in [0.05, 0.1) is 0 Å². The van der Waals surface area contributed by atoms with Crippen LogP contribution in [0.25, 0.3) is 0 Å². The molecule has 1 saturated carbocycles. The van der Waals surface area contributed by atoms with Gasteiger partial charge >= 0.3 is 0 Å². The second-order valence-corrected chi connectivity index (χ2v) is 4.86. The molecule has 0 aromatic heterocycles. The summed E-state index contributed by atoms with van der Waals surface area (Å²) in [6.45, 7) is 0. The highest BCUT2D eigenvalue weighted by atomic mass is 16.1. The molecule has 0 atom stereocenters. The second-order valence-electron chi connectivity index (χ2n) is 4.86. The molecule has 0 unspecified atom stereocenters. The summed E-state index contributed by atoms with van der Waals surface area (Å²) in [4.78, 5) is 10.9. The number of benzene rings is 1. The number of carbonyl (C=O) groups is 1. The molecule has 86 valence electrons. The average molecular weight is 216 g/mol. The number of hydrogen-bond acceptors (Lipinski definition) is 1. The van der Waals surface area contributed by atoms with Crippen molar-refractivity contribution in [2.24, 2.45) is 5.92 Å². The molecule has 0 heterocycles. The van der Waals surface area contributed by atoms with E-state index >= 15 is 0 Å². The third-order valence-corrected chi connectivity index (χ3v) is 3.73. The number of hydrogen-bond donors (Lipinski definition) is 0. The molecule has 0 bridgehead atoms. The monoisotopic (exact) mass is 216 g/mol. The Bertz CT molecular complexity index is 337. The SMILES string of the molecule is O=Cc1ccccc1CCC1CCCCC1. The van der Waals surface area contributed by atoms with Crippen molar-refractivity contribution in [3.8, 4) is 0 Å². The third-order valence-electron chi connectivity index (χ3n) is 3.73. The first-order chi connectivity index (χ1) is 7.90. The quantitative estimate of drug-likeness (QED) is 0.695. The first-order valence-corrected chi connectivity index (χ1v) is 6.43. The fraction of sp³-hybridized carbons (Fsp3) is 0.533. The molecule has 1 aromatic rings. The zero-order valence-corrected chi connectivity index (χ0v) is 9.82. The van der Waals surface area contributed by atoms with Crippen LogP contribution in [0.4, 0.5) is 0 Å². The lowest BCUT2D eigenvalue weighted by Crippen LogP contribution is -2.07. The summed E-state index contributed by atoms with van der Waals surface area (Å²) < 4.78 is 0. The van der Waals surface area contributed by atoms with E-state index in [2.05, 4.69) is 6.07 Å². The van der Waals surface area contributed by atoms with Crippen molar-refractivity contribution >= 4 is 6.29 Å². The minimum atomic E-state index is 0.873. The Morgan fingerprint density at radius 1 is 1.12 bits per heavy atom. The topological polar surface area (TPSA) is 17.1 Å². The largest absolute Gasteiger partial charge is 0.298 e. The highest BCUT2D eigenvalue weighted by Gasteiger charge is 2.13. The van der Waals surface area contributed by atoms with Gasteiger partial charge in [0.15, 0.2) is 0 Å². The molecule has 0 spiro atoms. The molecular weight excluding hydrogens is 196 g/mol. The molecule has 0 amide bonds. The summed E-state index contributed by atoms with van der Waals surface area (Å²) in [5.41, 5.74) is 2.10. The van der Waals surface area contributed by atoms with Crippen LogP contribution in [0.15, 0.2) is 24.3 Å². The third kappa shape index (κ3) is 2.94. The summed E-state index contributed by atoms with van der Waals surface area (Å²) in [6.07, 6.45) is 10.3. The van der Waals surface area contributed by atoms with Gasteiger partial charge in [-0.15, -0.1) is 0 Å². The Hall–Kier alpha value is -1.11. The predicted octanol–water partition coefficient (Wildman–Crippen LogP) is 4.01. The average Bonchev–Trinajstić information content (AvgIpc) is 2.38. The molecule has 1 heteroatoms. The molecule has 0 N–H and O–H groups in total. The number of rotatable bonds is 4. The molecule has 0 aliphatic heterocycles. The first-order valence-electron chi connectivity index (χ1n) is 6.43. The molecular formula is C15H20O. The predicted molar refractivity (Wildman–Crippen MR) is 66.7 cm³/mol. The molecule has 0 saturated heterocycles. The summed E-state index contributed by atoms with van der Waals surface area (Å²) in [6, 6.07) is 7.98. The molecule has 2 rings (SSSR count). The lowest BCUT2D eigenvalue weighted by atomic mass is 9.85. The molecule has 16 heavy (non-hydrogen) atoms. The van der Waals surface area contributed by atoms with E-state index in [-0.39, 0.29) is 0 Å². The van der Waals surface area contributed by atoms with Crippen LogP contribution < -0.4 is 0 Å². The highest BCUT2D eigenvalue weighted by molar-refractivity contribution is 5.77. The maximum atomic E-state index is 10.9. The van der Waals surface area contributed by atoms with Crippen molar-refractivity contribution in [1.29, 1.82) is 0 Å². The minimum absolute atomic E-state index is 0.873. The van der Waals surface area contributed by atoms with E-state index in [1.54, 1.807) is 0 Å². The van der Waals surface area contributed by atoms with Crippen LogP contribution in [0.3, 0.4) is 0 Å². The van der Waals surface area contributed by atoms with Crippen LogP contribution in [0.1, 0.15) is 54.4 Å². The van der Waals surface area contributed by atoms with E-state index in [0.29, 0.717) is 0 Å². The van der Waals surface area contributed by atoms with Gasteiger partial charge in [-0.2, -0.15) is 0 Å². The van der Waals surface area contributed by atoms with Crippen LogP contribution in [-0.4, -0.2) is 6.29 Å². The lowest BCUT2D eigenvalue weighted by molar-refractivity contribution is 0.112. The van der Waals surface area contributed by atoms with Crippen molar-refractivity contribution in [3.05, 3.63) is 35.4 Å². The van der Waals surface area contributed by atoms with Gasteiger partial charge in [0.25, 0.3) is 0 Å². The van der Waals surface area contributed by atoms with Gasteiger partial charge in [-0.1, -0.05) is 56.4 Å². The standard InChI is InChI=1S/C15H20O/c16-12-15-9-5-4-8-14(15)11-10-13-6-2-1-3-7-13/h4-5,8-9,12-13H,1-3,6-7,10-11H2. The maximum Gasteiger partial charge on any atom is 0.150 e. The van der Waals surface area contributed by atoms with Crippen molar-refractivity contribution in [1.82, 2.24) is 0 Å². The Kier molecular flexibility index (Phi) is 4.15. The fourth-order valence-corrected chi connectivity index (χ4v) is 2.71. The van der Waals surface area contributed by atoms with Gasteiger partial charge < -0.3 is 0 Å². The van der Waals surface area contributed by atoms with Gasteiger partial charge in [0.1, 0.15) is 6.29 Å². The normalized spacial score (nSPS) is 17.2. The van der Waals surface area contributed by atoms with Gasteiger partial charge in [0.2, 0.25) is 0 Å².